The minimum Gasteiger partial charge on any atom is -0.379 e. The molecule has 10 nitrogen and oxygen atoms in total. The topological polar surface area (TPSA) is 113 Å². The number of amides is 2. The van der Waals surface area contributed by atoms with Crippen LogP contribution in [0.25, 0.3) is 5.95 Å². The van der Waals surface area contributed by atoms with Crippen molar-refractivity contribution in [2.24, 2.45) is 5.41 Å². The first-order chi connectivity index (χ1) is 16.6. The van der Waals surface area contributed by atoms with Crippen molar-refractivity contribution < 1.29 is 14.3 Å². The highest BCUT2D eigenvalue weighted by atomic mass is 16.5. The molecule has 0 radical (unpaired) electrons. The van der Waals surface area contributed by atoms with Crippen molar-refractivity contribution in [1.29, 1.82) is 0 Å². The lowest BCUT2D eigenvalue weighted by molar-refractivity contribution is -0.132. The molecule has 1 spiro atoms. The number of methoxy groups -OCH3 is 1. The zero-order valence-corrected chi connectivity index (χ0v) is 21.4. The highest BCUT2D eigenvalue weighted by Crippen LogP contribution is 2.39. The van der Waals surface area contributed by atoms with E-state index in [2.05, 4.69) is 15.1 Å². The Kier molecular flexibility index (Phi) is 6.86. The van der Waals surface area contributed by atoms with E-state index in [1.54, 1.807) is 22.9 Å². The molecule has 1 N–H and O–H groups in total. The van der Waals surface area contributed by atoms with Gasteiger partial charge >= 0.3 is 0 Å². The average molecular weight is 485 g/mol. The van der Waals surface area contributed by atoms with Crippen molar-refractivity contribution in [3.63, 3.8) is 0 Å². The first-order valence-electron chi connectivity index (χ1n) is 12.3. The summed E-state index contributed by atoms with van der Waals surface area (Å²) in [4.78, 5) is 47.2. The number of nitrogens with zero attached hydrogens (tertiary/aromatic N) is 5. The van der Waals surface area contributed by atoms with Crippen molar-refractivity contribution in [1.82, 2.24) is 29.5 Å². The summed E-state index contributed by atoms with van der Waals surface area (Å²) in [5.74, 6) is 0.326. The fraction of sp³-hybridized carbons (Fsp3) is 0.640. The molecule has 2 aromatic rings. The summed E-state index contributed by atoms with van der Waals surface area (Å²) in [6.07, 6.45) is 6.80. The highest BCUT2D eigenvalue weighted by molar-refractivity contribution is 5.95. The Labute approximate surface area is 205 Å². The number of ether oxygens (including phenoxy) is 1. The zero-order valence-electron chi connectivity index (χ0n) is 21.4. The number of likely N-dealkylation sites (tertiary alicyclic amines) is 2. The third-order valence-electron chi connectivity index (χ3n) is 7.32. The molecule has 0 unspecified atom stereocenters. The minimum atomic E-state index is -0.114. The summed E-state index contributed by atoms with van der Waals surface area (Å²) in [7, 11) is 1.71. The van der Waals surface area contributed by atoms with Crippen LogP contribution < -0.4 is 5.56 Å². The van der Waals surface area contributed by atoms with Gasteiger partial charge in [-0.1, -0.05) is 0 Å². The lowest BCUT2D eigenvalue weighted by Gasteiger charge is -2.52. The van der Waals surface area contributed by atoms with Crippen LogP contribution in [-0.2, 0) is 22.4 Å². The number of nitrogens with one attached hydrogen (secondary N) is 1. The Bertz CT molecular complexity index is 1150. The van der Waals surface area contributed by atoms with E-state index in [-0.39, 0.29) is 22.5 Å². The fourth-order valence-corrected chi connectivity index (χ4v) is 4.92. The summed E-state index contributed by atoms with van der Waals surface area (Å²) >= 11 is 0. The molecule has 0 atom stereocenters. The number of aromatic nitrogens is 4. The van der Waals surface area contributed by atoms with Gasteiger partial charge in [0.1, 0.15) is 0 Å². The Balaban J connectivity index is 0.000000431. The van der Waals surface area contributed by atoms with Crippen molar-refractivity contribution in [2.45, 2.75) is 65.4 Å². The van der Waals surface area contributed by atoms with Crippen LogP contribution in [0.4, 0.5) is 0 Å². The monoisotopic (exact) mass is 484 g/mol. The molecule has 190 valence electrons. The number of aromatic amines is 1. The van der Waals surface area contributed by atoms with Gasteiger partial charge in [0.05, 0.1) is 28.7 Å². The fourth-order valence-electron chi connectivity index (χ4n) is 4.92. The molecule has 2 aromatic heterocycles. The van der Waals surface area contributed by atoms with Crippen LogP contribution in [0, 0.1) is 12.3 Å². The average Bonchev–Trinajstić information content (AvgIpc) is 3.44. The van der Waals surface area contributed by atoms with E-state index in [1.165, 1.54) is 0 Å². The molecular formula is C25H36N6O4. The summed E-state index contributed by atoms with van der Waals surface area (Å²) in [5, 5.41) is 4.34. The zero-order chi connectivity index (χ0) is 25.4. The van der Waals surface area contributed by atoms with Gasteiger partial charge in [-0.25, -0.2) is 9.67 Å². The minimum absolute atomic E-state index is 0.0417. The van der Waals surface area contributed by atoms with Gasteiger partial charge in [0.15, 0.2) is 0 Å². The predicted octanol–water partition coefficient (Wildman–Crippen LogP) is 1.88. The van der Waals surface area contributed by atoms with E-state index in [1.807, 2.05) is 32.6 Å². The van der Waals surface area contributed by atoms with Gasteiger partial charge in [-0.2, -0.15) is 5.10 Å². The van der Waals surface area contributed by atoms with Gasteiger partial charge in [-0.05, 0) is 59.8 Å². The van der Waals surface area contributed by atoms with E-state index in [9.17, 15) is 14.4 Å². The SMILES string of the molecule is COC(C)(C)C.Cc1c(C(=O)N2CCC3(CC2)CN(C=O)C3)cnn1-c1nc2c(c(=O)[nH]1)CCC2. The second kappa shape index (κ2) is 9.56. The van der Waals surface area contributed by atoms with E-state index >= 15 is 0 Å². The number of piperidine rings is 1. The highest BCUT2D eigenvalue weighted by Gasteiger charge is 2.45. The molecule has 0 bridgehead atoms. The summed E-state index contributed by atoms with van der Waals surface area (Å²) in [6.45, 7) is 10.9. The summed E-state index contributed by atoms with van der Waals surface area (Å²) < 4.78 is 6.49. The van der Waals surface area contributed by atoms with Gasteiger partial charge in [0.25, 0.3) is 11.5 Å². The van der Waals surface area contributed by atoms with Crippen molar-refractivity contribution in [3.05, 3.63) is 39.1 Å². The Morgan fingerprint density at radius 1 is 1.20 bits per heavy atom. The lowest BCUT2D eigenvalue weighted by atomic mass is 9.72. The number of rotatable bonds is 3. The molecule has 2 fully saturated rings. The second-order valence-electron chi connectivity index (χ2n) is 10.8. The predicted molar refractivity (Wildman–Crippen MR) is 131 cm³/mol. The van der Waals surface area contributed by atoms with Crippen LogP contribution in [0.5, 0.6) is 0 Å². The van der Waals surface area contributed by atoms with Crippen molar-refractivity contribution in [3.8, 4) is 5.95 Å². The van der Waals surface area contributed by atoms with Crippen molar-refractivity contribution in [2.75, 3.05) is 33.3 Å². The number of hydrogen-bond acceptors (Lipinski definition) is 6. The van der Waals surface area contributed by atoms with Gasteiger partial charge in [-0.3, -0.25) is 19.4 Å². The molecule has 2 amide bonds. The van der Waals surface area contributed by atoms with Crippen LogP contribution in [0.3, 0.4) is 0 Å². The van der Waals surface area contributed by atoms with E-state index in [0.29, 0.717) is 30.3 Å². The van der Waals surface area contributed by atoms with Crippen molar-refractivity contribution >= 4 is 12.3 Å². The standard InChI is InChI=1S/C20H24N6O3.C5H12O/c1-13-15(18(29)25-7-5-20(6-8-25)10-24(11-20)12-27)9-21-26(13)19-22-16-4-2-3-14(16)17(28)23-19;1-5(2,3)6-4/h9,12H,2-8,10-11H2,1H3,(H,22,23,28);1-4H3. The molecule has 2 saturated heterocycles. The molecule has 5 rings (SSSR count). The summed E-state index contributed by atoms with van der Waals surface area (Å²) in [5.41, 5.74) is 2.92. The van der Waals surface area contributed by atoms with Crippen LogP contribution in [-0.4, -0.2) is 80.8 Å². The Morgan fingerprint density at radius 3 is 2.46 bits per heavy atom. The van der Waals surface area contributed by atoms with Gasteiger partial charge in [0, 0.05) is 44.3 Å². The first-order valence-corrected chi connectivity index (χ1v) is 12.3. The number of carbonyl (C=O) groups excluding carboxylic acids is 2. The smallest absolute Gasteiger partial charge is 0.257 e. The number of H-pyrrole nitrogens is 1. The second-order valence-corrected chi connectivity index (χ2v) is 10.8. The van der Waals surface area contributed by atoms with Crippen LogP contribution in [0.1, 0.15) is 67.3 Å². The quantitative estimate of drug-likeness (QED) is 0.666. The number of fused-ring (bicyclic) bond motifs is 1. The molecule has 0 aromatic carbocycles. The summed E-state index contributed by atoms with van der Waals surface area (Å²) in [6, 6.07) is 0. The first kappa shape index (κ1) is 25.1. The Hall–Kier alpha value is -3.01. The maximum absolute atomic E-state index is 13.1. The molecular weight excluding hydrogens is 448 g/mol. The number of carbonyl (C=O) groups is 2. The van der Waals surface area contributed by atoms with Crippen LogP contribution in [0.15, 0.2) is 11.0 Å². The molecule has 2 aliphatic heterocycles. The van der Waals surface area contributed by atoms with Crippen LogP contribution in [0.2, 0.25) is 0 Å². The maximum atomic E-state index is 13.1. The number of hydrogen-bond donors (Lipinski definition) is 1. The largest absolute Gasteiger partial charge is 0.379 e. The van der Waals surface area contributed by atoms with Crippen LogP contribution >= 0.6 is 0 Å². The molecule has 1 aliphatic carbocycles. The third-order valence-corrected chi connectivity index (χ3v) is 7.32. The number of aryl methyl sites for hydroxylation is 1. The molecule has 35 heavy (non-hydrogen) atoms. The van der Waals surface area contributed by atoms with Gasteiger partial charge in [-0.15, -0.1) is 0 Å². The molecule has 0 saturated carbocycles. The normalized spacial score (nSPS) is 18.5. The maximum Gasteiger partial charge on any atom is 0.257 e. The lowest BCUT2D eigenvalue weighted by Crippen LogP contribution is -2.60. The molecule has 3 aliphatic rings. The molecule has 4 heterocycles. The van der Waals surface area contributed by atoms with Gasteiger partial charge < -0.3 is 14.5 Å². The van der Waals surface area contributed by atoms with E-state index in [0.717, 1.165) is 62.9 Å². The van der Waals surface area contributed by atoms with Gasteiger partial charge in [0.2, 0.25) is 12.4 Å². The Morgan fingerprint density at radius 2 is 1.86 bits per heavy atom. The van der Waals surface area contributed by atoms with E-state index in [4.69, 9.17) is 4.74 Å². The molecule has 10 heteroatoms. The van der Waals surface area contributed by atoms with E-state index < -0.39 is 0 Å². The third kappa shape index (κ3) is 5.17.